The number of hydrogen-bond donors (Lipinski definition) is 0. The number of rotatable bonds is 4. The molecule has 220 valence electrons. The van der Waals surface area contributed by atoms with Gasteiger partial charge in [0.25, 0.3) is 0 Å². The zero-order valence-corrected chi connectivity index (χ0v) is 24.8. The van der Waals surface area contributed by atoms with Crippen molar-refractivity contribution >= 4 is 77.7 Å². The number of halogens is 2. The zero-order chi connectivity index (χ0) is 30.5. The molecule has 0 bridgehead atoms. The molecule has 6 heterocycles. The number of hydrogen-bond acceptors (Lipinski definition) is 9. The summed E-state index contributed by atoms with van der Waals surface area (Å²) in [4.78, 5) is 17.3. The molecule has 0 saturated carbocycles. The van der Waals surface area contributed by atoms with Crippen molar-refractivity contribution in [3.63, 3.8) is 0 Å². The summed E-state index contributed by atoms with van der Waals surface area (Å²) in [6, 6.07) is 26.2. The van der Waals surface area contributed by atoms with Gasteiger partial charge in [0.2, 0.25) is 17.7 Å². The van der Waals surface area contributed by atoms with Crippen molar-refractivity contribution in [1.29, 1.82) is 0 Å². The molecule has 0 spiro atoms. The van der Waals surface area contributed by atoms with Crippen LogP contribution in [0, 0.1) is 11.6 Å². The summed E-state index contributed by atoms with van der Waals surface area (Å²) in [6.45, 7) is 0. The van der Waals surface area contributed by atoms with Gasteiger partial charge in [0.1, 0.15) is 39.5 Å². The highest BCUT2D eigenvalue weighted by Gasteiger charge is 2.18. The molecule has 0 amide bonds. The summed E-state index contributed by atoms with van der Waals surface area (Å²) in [5.41, 5.74) is 4.22. The Morgan fingerprint density at radius 2 is 0.913 bits per heavy atom. The molecule has 7 nitrogen and oxygen atoms in total. The van der Waals surface area contributed by atoms with Crippen molar-refractivity contribution in [2.45, 2.75) is 0 Å². The van der Waals surface area contributed by atoms with Gasteiger partial charge in [0, 0.05) is 17.5 Å². The number of benzene rings is 4. The van der Waals surface area contributed by atoms with Gasteiger partial charge >= 0.3 is 0 Å². The molecule has 0 unspecified atom stereocenters. The molecule has 46 heavy (non-hydrogen) atoms. The fourth-order valence-electron chi connectivity index (χ4n) is 5.59. The van der Waals surface area contributed by atoms with E-state index in [0.29, 0.717) is 56.8 Å². The van der Waals surface area contributed by atoms with E-state index < -0.39 is 0 Å². The van der Waals surface area contributed by atoms with Crippen LogP contribution in [0.1, 0.15) is 0 Å². The van der Waals surface area contributed by atoms with Crippen LogP contribution in [0.25, 0.3) is 98.0 Å². The average Bonchev–Trinajstić information content (AvgIpc) is 3.87. The second-order valence-corrected chi connectivity index (χ2v) is 12.9. The van der Waals surface area contributed by atoms with E-state index in [2.05, 4.69) is 4.98 Å². The van der Waals surface area contributed by atoms with Crippen LogP contribution in [-0.4, -0.2) is 15.0 Å². The number of furan rings is 1. The third kappa shape index (κ3) is 4.09. The minimum absolute atomic E-state index is 0.336. The zero-order valence-electron chi connectivity index (χ0n) is 23.2. The van der Waals surface area contributed by atoms with E-state index in [9.17, 15) is 8.78 Å². The molecule has 11 heteroatoms. The molecule has 0 radical (unpaired) electrons. The Morgan fingerprint density at radius 1 is 0.413 bits per heavy atom. The van der Waals surface area contributed by atoms with Crippen LogP contribution in [0.15, 0.2) is 109 Å². The molecule has 0 atom stereocenters. The minimum atomic E-state index is -0.374. The standard InChI is InChI=1S/C35H15F2N3O4S2/c36-19-2-1-16-11-28(41-24(16)14-19)29-5-6-30(45-29)34-39-22-9-17-13-26-23(10-18(17)12-25(22)42-34)40-35(43-26)32-8-7-31(46-32)33-38-21-4-3-20(37)15-27(21)44-33/h1-15H. The Hall–Kier alpha value is -5.65. The first-order valence-corrected chi connectivity index (χ1v) is 15.7. The molecule has 0 saturated heterocycles. The van der Waals surface area contributed by atoms with Gasteiger partial charge in [-0.1, -0.05) is 0 Å². The van der Waals surface area contributed by atoms with Crippen LogP contribution in [0.2, 0.25) is 0 Å². The summed E-state index contributed by atoms with van der Waals surface area (Å²) in [5, 5.41) is 2.72. The Morgan fingerprint density at radius 3 is 1.54 bits per heavy atom. The van der Waals surface area contributed by atoms with Gasteiger partial charge < -0.3 is 17.7 Å². The van der Waals surface area contributed by atoms with E-state index >= 15 is 0 Å². The molecule has 0 aliphatic carbocycles. The Labute approximate surface area is 264 Å². The molecule has 10 rings (SSSR count). The van der Waals surface area contributed by atoms with Gasteiger partial charge in [-0.15, -0.1) is 22.7 Å². The highest BCUT2D eigenvalue weighted by Crippen LogP contribution is 2.40. The molecule has 0 aliphatic heterocycles. The van der Waals surface area contributed by atoms with E-state index in [1.54, 1.807) is 12.1 Å². The average molecular weight is 644 g/mol. The van der Waals surface area contributed by atoms with Crippen LogP contribution in [0.3, 0.4) is 0 Å². The maximum Gasteiger partial charge on any atom is 0.237 e. The lowest BCUT2D eigenvalue weighted by Gasteiger charge is -1.96. The van der Waals surface area contributed by atoms with E-state index in [0.717, 1.165) is 41.2 Å². The van der Waals surface area contributed by atoms with Crippen LogP contribution in [-0.2, 0) is 0 Å². The van der Waals surface area contributed by atoms with Crippen LogP contribution in [0.5, 0.6) is 0 Å². The topological polar surface area (TPSA) is 91.2 Å². The minimum Gasteiger partial charge on any atom is -0.455 e. The van der Waals surface area contributed by atoms with Crippen molar-refractivity contribution in [1.82, 2.24) is 15.0 Å². The predicted octanol–water partition coefficient (Wildman–Crippen LogP) is 11.1. The summed E-state index contributed by atoms with van der Waals surface area (Å²) in [7, 11) is 0. The number of nitrogens with zero attached hydrogens (tertiary/aromatic N) is 3. The summed E-state index contributed by atoms with van der Waals surface area (Å²) >= 11 is 2.92. The maximum absolute atomic E-state index is 13.6. The lowest BCUT2D eigenvalue weighted by molar-refractivity contribution is 0.603. The third-order valence-electron chi connectivity index (χ3n) is 7.77. The summed E-state index contributed by atoms with van der Waals surface area (Å²) in [6.07, 6.45) is 0. The van der Waals surface area contributed by atoms with Gasteiger partial charge in [0.05, 0.1) is 19.5 Å². The summed E-state index contributed by atoms with van der Waals surface area (Å²) < 4.78 is 51.2. The Balaban J connectivity index is 0.968. The van der Waals surface area contributed by atoms with Gasteiger partial charge in [-0.05, 0) is 89.6 Å². The SMILES string of the molecule is Fc1ccc2cc(-c3ccc(-c4nc5cc6cc7oc(-c8ccc(-c9nc%10ccc(F)cc%10o9)s8)nc7cc6cc5o4)s3)oc2c1. The molecule has 0 aliphatic rings. The molecule has 4 aromatic carbocycles. The van der Waals surface area contributed by atoms with E-state index in [1.165, 1.54) is 46.9 Å². The van der Waals surface area contributed by atoms with Gasteiger partial charge in [0.15, 0.2) is 16.7 Å². The van der Waals surface area contributed by atoms with E-state index in [-0.39, 0.29) is 11.6 Å². The molecular formula is C35H15F2N3O4S2. The second-order valence-electron chi connectivity index (χ2n) is 10.8. The highest BCUT2D eigenvalue weighted by atomic mass is 32.1. The van der Waals surface area contributed by atoms with Crippen molar-refractivity contribution in [2.24, 2.45) is 0 Å². The smallest absolute Gasteiger partial charge is 0.237 e. The van der Waals surface area contributed by atoms with E-state index in [1.807, 2.05) is 54.6 Å². The fraction of sp³-hybridized carbons (Fsp3) is 0. The van der Waals surface area contributed by atoms with Gasteiger partial charge in [-0.25, -0.2) is 23.7 Å². The van der Waals surface area contributed by atoms with E-state index in [4.69, 9.17) is 27.6 Å². The number of fused-ring (bicyclic) bond motifs is 5. The van der Waals surface area contributed by atoms with Crippen LogP contribution in [0.4, 0.5) is 8.78 Å². The predicted molar refractivity (Wildman–Crippen MR) is 174 cm³/mol. The Bertz CT molecular complexity index is 2560. The van der Waals surface area contributed by atoms with Crippen molar-refractivity contribution in [2.75, 3.05) is 0 Å². The lowest BCUT2D eigenvalue weighted by atomic mass is 10.1. The highest BCUT2D eigenvalue weighted by molar-refractivity contribution is 7.19. The van der Waals surface area contributed by atoms with Gasteiger partial charge in [-0.2, -0.15) is 0 Å². The quantitative estimate of drug-likeness (QED) is 0.188. The largest absolute Gasteiger partial charge is 0.455 e. The molecule has 0 fully saturated rings. The van der Waals surface area contributed by atoms with Crippen LogP contribution < -0.4 is 0 Å². The maximum atomic E-state index is 13.6. The summed E-state index contributed by atoms with van der Waals surface area (Å²) in [5.74, 6) is 1.35. The van der Waals surface area contributed by atoms with Crippen molar-refractivity contribution < 1.29 is 26.4 Å². The van der Waals surface area contributed by atoms with Crippen molar-refractivity contribution in [3.8, 4) is 42.9 Å². The molecule has 6 aromatic heterocycles. The molecule has 10 aromatic rings. The molecular weight excluding hydrogens is 629 g/mol. The van der Waals surface area contributed by atoms with Crippen LogP contribution >= 0.6 is 22.7 Å². The normalized spacial score (nSPS) is 12.1. The first-order chi connectivity index (χ1) is 22.5. The fourth-order valence-corrected chi connectivity index (χ4v) is 7.33. The first-order valence-electron chi connectivity index (χ1n) is 14.1. The monoisotopic (exact) mass is 643 g/mol. The van der Waals surface area contributed by atoms with Gasteiger partial charge in [-0.3, -0.25) is 0 Å². The first kappa shape index (κ1) is 25.7. The number of aromatic nitrogens is 3. The number of thiophene rings is 2. The number of oxazole rings is 3. The van der Waals surface area contributed by atoms with Crippen molar-refractivity contribution in [3.05, 3.63) is 103 Å². The Kier molecular flexibility index (Phi) is 5.26. The molecule has 0 N–H and O–H groups in total. The third-order valence-corrected chi connectivity index (χ3v) is 9.92. The lowest BCUT2D eigenvalue weighted by Crippen LogP contribution is -1.76. The second kappa shape index (κ2) is 9.43.